The van der Waals surface area contributed by atoms with Crippen LogP contribution in [0.5, 0.6) is 0 Å². The Kier molecular flexibility index (Phi) is 3.79. The Hall–Kier alpha value is -1.46. The third-order valence-corrected chi connectivity index (χ3v) is 1.07. The van der Waals surface area contributed by atoms with E-state index in [2.05, 4.69) is 4.98 Å². The molecule has 11 heavy (non-hydrogen) atoms. The fraction of sp³-hybridized carbons (Fsp3) is 0. The molecule has 0 aromatic carbocycles. The molecule has 0 saturated carbocycles. The molecule has 1 aromatic rings. The number of carbonyl (C=O) groups excluding carboxylic acids is 1. The molecule has 1 rings (SSSR count). The van der Waals surface area contributed by atoms with Gasteiger partial charge in [-0.2, -0.15) is 0 Å². The summed E-state index contributed by atoms with van der Waals surface area (Å²) >= 11 is 0. The third kappa shape index (κ3) is 2.32. The van der Waals surface area contributed by atoms with Crippen molar-refractivity contribution in [3.63, 3.8) is 0 Å². The molecule has 0 aliphatic heterocycles. The number of pyridine rings is 1. The van der Waals surface area contributed by atoms with Crippen LogP contribution in [0, 0.1) is 0 Å². The number of nitrogens with one attached hydrogen (secondary N) is 1. The van der Waals surface area contributed by atoms with Crippen LogP contribution in [0.15, 0.2) is 24.5 Å². The van der Waals surface area contributed by atoms with E-state index in [0.29, 0.717) is 5.56 Å². The van der Waals surface area contributed by atoms with Gasteiger partial charge >= 0.3 is 0 Å². The van der Waals surface area contributed by atoms with Gasteiger partial charge in [0.2, 0.25) is 0 Å². The second-order valence-corrected chi connectivity index (χ2v) is 1.71. The Morgan fingerprint density at radius 3 is 2.45 bits per heavy atom. The lowest BCUT2D eigenvalue weighted by atomic mass is 10.3. The standard InChI is InChI=1S/C6H7N3O.H2O/c7-9-6(10)5-1-3-8-4-2-5;/h1-4H,7H2,(H,9,10);1H2. The van der Waals surface area contributed by atoms with E-state index in [0.717, 1.165) is 0 Å². The number of aromatic nitrogens is 1. The Morgan fingerprint density at radius 2 is 2.00 bits per heavy atom. The van der Waals surface area contributed by atoms with Crippen LogP contribution in [0.1, 0.15) is 10.4 Å². The van der Waals surface area contributed by atoms with Crippen molar-refractivity contribution in [2.75, 3.05) is 0 Å². The van der Waals surface area contributed by atoms with Crippen molar-refractivity contribution < 1.29 is 10.3 Å². The summed E-state index contributed by atoms with van der Waals surface area (Å²) in [5, 5.41) is 0. The van der Waals surface area contributed by atoms with Gasteiger partial charge in [-0.25, -0.2) is 5.84 Å². The maximum atomic E-state index is 10.7. The Labute approximate surface area is 63.5 Å². The smallest absolute Gasteiger partial charge is 0.265 e. The molecule has 0 bridgehead atoms. The molecule has 1 aromatic heterocycles. The molecule has 5 nitrogen and oxygen atoms in total. The molecule has 1 heterocycles. The molecule has 5 heteroatoms. The second kappa shape index (κ2) is 4.37. The number of rotatable bonds is 1. The van der Waals surface area contributed by atoms with Gasteiger partial charge < -0.3 is 5.48 Å². The fourth-order valence-electron chi connectivity index (χ4n) is 0.587. The third-order valence-electron chi connectivity index (χ3n) is 1.07. The lowest BCUT2D eigenvalue weighted by molar-refractivity contribution is 0.0953. The summed E-state index contributed by atoms with van der Waals surface area (Å²) in [6.45, 7) is 0. The summed E-state index contributed by atoms with van der Waals surface area (Å²) in [6.07, 6.45) is 3.06. The summed E-state index contributed by atoms with van der Waals surface area (Å²) in [4.78, 5) is 14.5. The number of amides is 1. The van der Waals surface area contributed by atoms with E-state index in [1.165, 1.54) is 12.4 Å². The molecular formula is C6H9N3O2. The van der Waals surface area contributed by atoms with Gasteiger partial charge in [-0.05, 0) is 12.1 Å². The van der Waals surface area contributed by atoms with Gasteiger partial charge in [0.05, 0.1) is 0 Å². The van der Waals surface area contributed by atoms with Gasteiger partial charge in [0, 0.05) is 18.0 Å². The summed E-state index contributed by atoms with van der Waals surface area (Å²) in [7, 11) is 0. The highest BCUT2D eigenvalue weighted by Gasteiger charge is 1.98. The number of carbonyl (C=O) groups is 1. The lowest BCUT2D eigenvalue weighted by Crippen LogP contribution is -2.29. The number of nitrogens with two attached hydrogens (primary N) is 1. The highest BCUT2D eigenvalue weighted by Crippen LogP contribution is 1.93. The van der Waals surface area contributed by atoms with Gasteiger partial charge in [-0.3, -0.25) is 15.2 Å². The van der Waals surface area contributed by atoms with Crippen molar-refractivity contribution >= 4 is 5.91 Å². The molecule has 0 fully saturated rings. The summed E-state index contributed by atoms with van der Waals surface area (Å²) in [5.41, 5.74) is 2.53. The van der Waals surface area contributed by atoms with Crippen LogP contribution in [-0.4, -0.2) is 16.4 Å². The molecule has 0 spiro atoms. The zero-order valence-corrected chi connectivity index (χ0v) is 5.74. The SMILES string of the molecule is NNC(=O)c1ccncc1.O. The first-order chi connectivity index (χ1) is 4.84. The lowest BCUT2D eigenvalue weighted by Gasteiger charge is -1.95. The van der Waals surface area contributed by atoms with E-state index in [1.807, 2.05) is 5.43 Å². The quantitative estimate of drug-likeness (QED) is 0.304. The van der Waals surface area contributed by atoms with Gasteiger partial charge in [-0.15, -0.1) is 0 Å². The zero-order valence-electron chi connectivity index (χ0n) is 5.74. The first-order valence-corrected chi connectivity index (χ1v) is 2.75. The molecule has 0 aliphatic rings. The second-order valence-electron chi connectivity index (χ2n) is 1.71. The van der Waals surface area contributed by atoms with Crippen molar-refractivity contribution in [1.82, 2.24) is 10.4 Å². The molecule has 60 valence electrons. The van der Waals surface area contributed by atoms with Gasteiger partial charge in [0.1, 0.15) is 0 Å². The van der Waals surface area contributed by atoms with Crippen LogP contribution < -0.4 is 11.3 Å². The van der Waals surface area contributed by atoms with Crippen molar-refractivity contribution in [3.05, 3.63) is 30.1 Å². The summed E-state index contributed by atoms with van der Waals surface area (Å²) < 4.78 is 0. The number of hydrazine groups is 1. The number of hydrogen-bond acceptors (Lipinski definition) is 3. The minimum Gasteiger partial charge on any atom is -0.412 e. The number of hydrogen-bond donors (Lipinski definition) is 2. The Morgan fingerprint density at radius 1 is 1.45 bits per heavy atom. The predicted molar refractivity (Wildman–Crippen MR) is 39.5 cm³/mol. The van der Waals surface area contributed by atoms with Crippen LogP contribution in [0.2, 0.25) is 0 Å². The van der Waals surface area contributed by atoms with E-state index in [1.54, 1.807) is 12.1 Å². The molecule has 0 saturated heterocycles. The molecule has 0 radical (unpaired) electrons. The monoisotopic (exact) mass is 155 g/mol. The molecule has 0 unspecified atom stereocenters. The van der Waals surface area contributed by atoms with E-state index < -0.39 is 0 Å². The maximum Gasteiger partial charge on any atom is 0.265 e. The average Bonchev–Trinajstić information content (AvgIpc) is 2.05. The zero-order chi connectivity index (χ0) is 7.40. The van der Waals surface area contributed by atoms with Crippen molar-refractivity contribution in [3.8, 4) is 0 Å². The minimum atomic E-state index is -0.303. The molecule has 0 aliphatic carbocycles. The molecular weight excluding hydrogens is 146 g/mol. The minimum absolute atomic E-state index is 0. The van der Waals surface area contributed by atoms with Crippen LogP contribution in [-0.2, 0) is 0 Å². The maximum absolute atomic E-state index is 10.7. The normalized spacial score (nSPS) is 8.09. The molecule has 1 amide bonds. The highest BCUT2D eigenvalue weighted by molar-refractivity contribution is 5.93. The Balaban J connectivity index is 0.000001000. The van der Waals surface area contributed by atoms with E-state index >= 15 is 0 Å². The van der Waals surface area contributed by atoms with Crippen LogP contribution in [0.3, 0.4) is 0 Å². The van der Waals surface area contributed by atoms with Gasteiger partial charge in [0.25, 0.3) is 5.91 Å². The predicted octanol–water partition coefficient (Wildman–Crippen LogP) is -1.14. The van der Waals surface area contributed by atoms with Crippen LogP contribution in [0.4, 0.5) is 0 Å². The van der Waals surface area contributed by atoms with E-state index in [-0.39, 0.29) is 11.4 Å². The van der Waals surface area contributed by atoms with Crippen LogP contribution in [0.25, 0.3) is 0 Å². The van der Waals surface area contributed by atoms with Gasteiger partial charge in [-0.1, -0.05) is 0 Å². The van der Waals surface area contributed by atoms with Crippen molar-refractivity contribution in [1.29, 1.82) is 0 Å². The first-order valence-electron chi connectivity index (χ1n) is 2.75. The summed E-state index contributed by atoms with van der Waals surface area (Å²) in [5.74, 6) is 4.58. The molecule has 5 N–H and O–H groups in total. The van der Waals surface area contributed by atoms with Gasteiger partial charge in [0.15, 0.2) is 0 Å². The topological polar surface area (TPSA) is 99.5 Å². The fourth-order valence-corrected chi connectivity index (χ4v) is 0.587. The van der Waals surface area contributed by atoms with E-state index in [9.17, 15) is 4.79 Å². The Bertz CT molecular complexity index is 225. The van der Waals surface area contributed by atoms with Crippen LogP contribution >= 0.6 is 0 Å². The van der Waals surface area contributed by atoms with E-state index in [4.69, 9.17) is 5.84 Å². The van der Waals surface area contributed by atoms with Crippen molar-refractivity contribution in [2.24, 2.45) is 5.84 Å². The average molecular weight is 155 g/mol. The van der Waals surface area contributed by atoms with Crippen molar-refractivity contribution in [2.45, 2.75) is 0 Å². The highest BCUT2D eigenvalue weighted by atomic mass is 16.2. The molecule has 0 atom stereocenters. The first kappa shape index (κ1) is 9.54. The largest absolute Gasteiger partial charge is 0.412 e. The summed E-state index contributed by atoms with van der Waals surface area (Å²) in [6, 6.07) is 3.17. The number of nitrogen functional groups attached to an aromatic ring is 1. The number of nitrogens with zero attached hydrogens (tertiary/aromatic N) is 1.